The number of aromatic nitrogens is 3. The van der Waals surface area contributed by atoms with E-state index in [9.17, 15) is 0 Å². The Balaban J connectivity index is 1.38. The van der Waals surface area contributed by atoms with Crippen molar-refractivity contribution in [3.63, 3.8) is 0 Å². The van der Waals surface area contributed by atoms with Crippen molar-refractivity contribution < 1.29 is 0 Å². The summed E-state index contributed by atoms with van der Waals surface area (Å²) in [6.45, 7) is 2.05. The van der Waals surface area contributed by atoms with E-state index in [2.05, 4.69) is 128 Å². The Morgan fingerprint density at radius 1 is 0.432 bits per heavy atom. The molecule has 0 amide bonds. The van der Waals surface area contributed by atoms with Crippen LogP contribution in [0.3, 0.4) is 0 Å². The minimum atomic E-state index is 0.710. The summed E-state index contributed by atoms with van der Waals surface area (Å²) >= 11 is 1.76. The van der Waals surface area contributed by atoms with Gasteiger partial charge in [-0.1, -0.05) is 109 Å². The van der Waals surface area contributed by atoms with Gasteiger partial charge in [0.15, 0.2) is 5.82 Å². The minimum Gasteiger partial charge on any atom is -0.242 e. The topological polar surface area (TPSA) is 38.7 Å². The van der Waals surface area contributed by atoms with Gasteiger partial charge in [0.25, 0.3) is 0 Å². The van der Waals surface area contributed by atoms with E-state index in [0.717, 1.165) is 55.3 Å². The monoisotopic (exact) mass is 581 g/mol. The molecule has 0 aliphatic heterocycles. The maximum absolute atomic E-state index is 5.16. The van der Waals surface area contributed by atoms with E-state index in [-0.39, 0.29) is 0 Å². The first-order valence-corrected chi connectivity index (χ1v) is 15.5. The Bertz CT molecular complexity index is 2220. The Kier molecular flexibility index (Phi) is 6.55. The van der Waals surface area contributed by atoms with Crippen molar-refractivity contribution in [2.75, 3.05) is 0 Å². The molecule has 8 rings (SSSR count). The highest BCUT2D eigenvalue weighted by Gasteiger charge is 2.16. The summed E-state index contributed by atoms with van der Waals surface area (Å²) in [5.74, 6) is 0.710. The first kappa shape index (κ1) is 26.2. The predicted molar refractivity (Wildman–Crippen MR) is 185 cm³/mol. The summed E-state index contributed by atoms with van der Waals surface area (Å²) in [5, 5.41) is 2.44. The third kappa shape index (κ3) is 4.85. The summed E-state index contributed by atoms with van der Waals surface area (Å²) in [6, 6.07) is 51.0. The smallest absolute Gasteiger partial charge is 0.160 e. The lowest BCUT2D eigenvalue weighted by atomic mass is 9.94. The molecule has 0 atom stereocenters. The number of aryl methyl sites for hydroxylation is 1. The summed E-state index contributed by atoms with van der Waals surface area (Å²) in [7, 11) is 0. The van der Waals surface area contributed by atoms with E-state index in [1.807, 2.05) is 24.3 Å². The van der Waals surface area contributed by atoms with Gasteiger partial charge >= 0.3 is 0 Å². The molecule has 0 fully saturated rings. The van der Waals surface area contributed by atoms with E-state index in [4.69, 9.17) is 15.0 Å². The number of thiophene rings is 1. The molecule has 3 aromatic heterocycles. The highest BCUT2D eigenvalue weighted by atomic mass is 32.1. The van der Waals surface area contributed by atoms with Crippen LogP contribution < -0.4 is 0 Å². The molecule has 0 spiro atoms. The highest BCUT2D eigenvalue weighted by Crippen LogP contribution is 2.41. The van der Waals surface area contributed by atoms with Crippen LogP contribution in [0.25, 0.3) is 76.5 Å². The van der Waals surface area contributed by atoms with Crippen LogP contribution in [0.4, 0.5) is 0 Å². The molecule has 208 valence electrons. The van der Waals surface area contributed by atoms with Crippen molar-refractivity contribution >= 4 is 31.6 Å². The molecule has 0 aliphatic carbocycles. The zero-order valence-electron chi connectivity index (χ0n) is 24.1. The fraction of sp³-hybridized carbons (Fsp3) is 0.0250. The molecule has 3 heterocycles. The first-order chi connectivity index (χ1) is 21.7. The third-order valence-electron chi connectivity index (χ3n) is 7.98. The third-order valence-corrected chi connectivity index (χ3v) is 9.13. The lowest BCUT2D eigenvalue weighted by Crippen LogP contribution is -1.96. The molecule has 0 N–H and O–H groups in total. The van der Waals surface area contributed by atoms with Crippen LogP contribution >= 0.6 is 11.3 Å². The van der Waals surface area contributed by atoms with Gasteiger partial charge in [0, 0.05) is 37.9 Å². The fourth-order valence-electron chi connectivity index (χ4n) is 5.80. The Labute approximate surface area is 260 Å². The average Bonchev–Trinajstić information content (AvgIpc) is 3.47. The lowest BCUT2D eigenvalue weighted by molar-refractivity contribution is 1.18. The largest absolute Gasteiger partial charge is 0.242 e. The van der Waals surface area contributed by atoms with E-state index >= 15 is 0 Å². The van der Waals surface area contributed by atoms with Crippen molar-refractivity contribution in [2.24, 2.45) is 0 Å². The van der Waals surface area contributed by atoms with Crippen LogP contribution in [0.2, 0.25) is 0 Å². The lowest BCUT2D eigenvalue weighted by Gasteiger charge is -2.13. The molecular formula is C40H27N3S. The number of rotatable bonds is 5. The van der Waals surface area contributed by atoms with Gasteiger partial charge in [-0.15, -0.1) is 11.3 Å². The van der Waals surface area contributed by atoms with Crippen LogP contribution in [0, 0.1) is 6.92 Å². The Hall–Kier alpha value is -5.45. The maximum atomic E-state index is 5.16. The molecule has 0 saturated heterocycles. The molecule has 8 aromatic rings. The fourth-order valence-corrected chi connectivity index (χ4v) is 7.05. The number of hydrogen-bond donors (Lipinski definition) is 0. The number of pyridine rings is 1. The zero-order valence-corrected chi connectivity index (χ0v) is 24.9. The molecule has 0 aliphatic rings. The Morgan fingerprint density at radius 3 is 1.77 bits per heavy atom. The van der Waals surface area contributed by atoms with Crippen LogP contribution in [0.15, 0.2) is 146 Å². The van der Waals surface area contributed by atoms with Crippen molar-refractivity contribution in [3.05, 3.63) is 151 Å². The summed E-state index contributed by atoms with van der Waals surface area (Å²) in [4.78, 5) is 16.1. The van der Waals surface area contributed by atoms with E-state index in [1.165, 1.54) is 21.0 Å². The molecule has 44 heavy (non-hydrogen) atoms. The first-order valence-electron chi connectivity index (χ1n) is 14.7. The second kappa shape index (κ2) is 11.0. The summed E-state index contributed by atoms with van der Waals surface area (Å²) in [5.41, 5.74) is 10.6. The average molecular weight is 582 g/mol. The van der Waals surface area contributed by atoms with Crippen molar-refractivity contribution in [2.45, 2.75) is 6.92 Å². The van der Waals surface area contributed by atoms with Crippen LogP contribution in [-0.2, 0) is 0 Å². The number of benzene rings is 5. The summed E-state index contributed by atoms with van der Waals surface area (Å²) < 4.78 is 1.24. The highest BCUT2D eigenvalue weighted by molar-refractivity contribution is 7.26. The van der Waals surface area contributed by atoms with E-state index in [0.29, 0.717) is 5.82 Å². The van der Waals surface area contributed by atoms with E-state index in [1.54, 1.807) is 11.3 Å². The Morgan fingerprint density at radius 2 is 1.05 bits per heavy atom. The van der Waals surface area contributed by atoms with Gasteiger partial charge in [-0.2, -0.15) is 0 Å². The van der Waals surface area contributed by atoms with Gasteiger partial charge in [-0.3, -0.25) is 0 Å². The van der Waals surface area contributed by atoms with Gasteiger partial charge in [0.2, 0.25) is 0 Å². The number of nitrogens with zero attached hydrogens (tertiary/aromatic N) is 3. The molecule has 0 saturated carbocycles. The molecule has 0 bridgehead atoms. The molecule has 0 unspecified atom stereocenters. The predicted octanol–water partition coefficient (Wildman–Crippen LogP) is 10.9. The van der Waals surface area contributed by atoms with Gasteiger partial charge in [-0.25, -0.2) is 15.0 Å². The van der Waals surface area contributed by atoms with Gasteiger partial charge < -0.3 is 0 Å². The minimum absolute atomic E-state index is 0.710. The van der Waals surface area contributed by atoms with Gasteiger partial charge in [0.05, 0.1) is 11.4 Å². The molecule has 0 radical (unpaired) electrons. The van der Waals surface area contributed by atoms with E-state index < -0.39 is 0 Å². The van der Waals surface area contributed by atoms with Gasteiger partial charge in [0.1, 0.15) is 4.83 Å². The zero-order chi connectivity index (χ0) is 29.5. The molecular weight excluding hydrogens is 555 g/mol. The maximum Gasteiger partial charge on any atom is 0.160 e. The number of hydrogen-bond acceptors (Lipinski definition) is 4. The van der Waals surface area contributed by atoms with Crippen molar-refractivity contribution in [1.82, 2.24) is 15.0 Å². The second-order valence-corrected chi connectivity index (χ2v) is 11.9. The SMILES string of the molecule is Cc1ccc2c(n1)sc1c(-c3cc(-c4ccccc4)cc(-c4cc(-c5ccccc5)nc(-c5ccccc5)n4)c3)cccc12. The second-order valence-electron chi connectivity index (χ2n) is 10.9. The molecule has 4 heteroatoms. The standard InChI is InChI=1S/C40H27N3S/c1-26-20-21-35-34-19-11-18-33(38(34)44-40(35)41-26)31-22-30(27-12-5-2-6-13-27)23-32(24-31)37-25-36(28-14-7-3-8-15-28)42-39(43-37)29-16-9-4-10-17-29/h2-25H,1H3. The van der Waals surface area contributed by atoms with Crippen LogP contribution in [0.1, 0.15) is 5.69 Å². The van der Waals surface area contributed by atoms with Crippen LogP contribution in [0.5, 0.6) is 0 Å². The normalized spacial score (nSPS) is 11.3. The van der Waals surface area contributed by atoms with Crippen LogP contribution in [-0.4, -0.2) is 15.0 Å². The van der Waals surface area contributed by atoms with Crippen molar-refractivity contribution in [1.29, 1.82) is 0 Å². The molecule has 3 nitrogen and oxygen atoms in total. The summed E-state index contributed by atoms with van der Waals surface area (Å²) in [6.07, 6.45) is 0. The number of fused-ring (bicyclic) bond motifs is 3. The quantitative estimate of drug-likeness (QED) is 0.203. The van der Waals surface area contributed by atoms with Crippen molar-refractivity contribution in [3.8, 4) is 56.2 Å². The molecule has 5 aromatic carbocycles. The van der Waals surface area contributed by atoms with Gasteiger partial charge in [-0.05, 0) is 65.6 Å².